The SMILES string of the molecule is Cc1ccc(S(=O)(=O)N(CC(=O)Nc2cccc3cccnc23)Cc2ccco2)cc1. The number of pyridine rings is 1. The number of hydrogen-bond donors (Lipinski definition) is 1. The fourth-order valence-corrected chi connectivity index (χ4v) is 4.58. The molecule has 0 unspecified atom stereocenters. The molecule has 2 aromatic carbocycles. The van der Waals surface area contributed by atoms with E-state index in [2.05, 4.69) is 10.3 Å². The first-order valence-corrected chi connectivity index (χ1v) is 11.1. The van der Waals surface area contributed by atoms with E-state index in [1.807, 2.05) is 31.2 Å². The fraction of sp³-hybridized carbons (Fsp3) is 0.130. The second-order valence-corrected chi connectivity index (χ2v) is 9.03. The summed E-state index contributed by atoms with van der Waals surface area (Å²) in [7, 11) is -3.93. The van der Waals surface area contributed by atoms with Crippen LogP contribution < -0.4 is 5.32 Å². The van der Waals surface area contributed by atoms with Crippen LogP contribution in [0.5, 0.6) is 0 Å². The minimum Gasteiger partial charge on any atom is -0.468 e. The molecule has 0 spiro atoms. The maximum Gasteiger partial charge on any atom is 0.243 e. The van der Waals surface area contributed by atoms with Gasteiger partial charge in [0.1, 0.15) is 5.76 Å². The number of anilines is 1. The summed E-state index contributed by atoms with van der Waals surface area (Å²) >= 11 is 0. The zero-order valence-corrected chi connectivity index (χ0v) is 17.7. The molecule has 0 radical (unpaired) electrons. The van der Waals surface area contributed by atoms with Gasteiger partial charge in [0.15, 0.2) is 0 Å². The molecule has 0 atom stereocenters. The molecule has 2 heterocycles. The van der Waals surface area contributed by atoms with Crippen molar-refractivity contribution in [2.75, 3.05) is 11.9 Å². The number of hydrogen-bond acceptors (Lipinski definition) is 5. The van der Waals surface area contributed by atoms with E-state index < -0.39 is 15.9 Å². The van der Waals surface area contributed by atoms with Gasteiger partial charge in [0, 0.05) is 11.6 Å². The molecule has 8 heteroatoms. The number of fused-ring (bicyclic) bond motifs is 1. The second kappa shape index (κ2) is 8.71. The van der Waals surface area contributed by atoms with Crippen molar-refractivity contribution in [2.45, 2.75) is 18.4 Å². The largest absolute Gasteiger partial charge is 0.468 e. The molecule has 7 nitrogen and oxygen atoms in total. The Kier molecular flexibility index (Phi) is 5.83. The van der Waals surface area contributed by atoms with E-state index in [-0.39, 0.29) is 18.0 Å². The van der Waals surface area contributed by atoms with Crippen LogP contribution >= 0.6 is 0 Å². The monoisotopic (exact) mass is 435 g/mol. The first-order valence-electron chi connectivity index (χ1n) is 9.66. The van der Waals surface area contributed by atoms with Gasteiger partial charge in [-0.25, -0.2) is 8.42 Å². The summed E-state index contributed by atoms with van der Waals surface area (Å²) < 4.78 is 32.9. The molecule has 0 aliphatic heterocycles. The van der Waals surface area contributed by atoms with Gasteiger partial charge in [-0.05, 0) is 43.3 Å². The lowest BCUT2D eigenvalue weighted by Gasteiger charge is -2.21. The molecule has 0 saturated heterocycles. The van der Waals surface area contributed by atoms with E-state index in [1.54, 1.807) is 36.5 Å². The van der Waals surface area contributed by atoms with Gasteiger partial charge in [0.05, 0.1) is 35.5 Å². The molecule has 1 N–H and O–H groups in total. The molecule has 158 valence electrons. The first kappa shape index (κ1) is 20.8. The van der Waals surface area contributed by atoms with Crippen molar-refractivity contribution in [2.24, 2.45) is 0 Å². The van der Waals surface area contributed by atoms with E-state index in [4.69, 9.17) is 4.42 Å². The number of benzene rings is 2. The zero-order chi connectivity index (χ0) is 21.8. The molecule has 0 fully saturated rings. The lowest BCUT2D eigenvalue weighted by atomic mass is 10.2. The van der Waals surface area contributed by atoms with E-state index >= 15 is 0 Å². The molecule has 2 aromatic heterocycles. The molecular weight excluding hydrogens is 414 g/mol. The number of para-hydroxylation sites is 1. The van der Waals surface area contributed by atoms with Gasteiger partial charge in [-0.3, -0.25) is 9.78 Å². The van der Waals surface area contributed by atoms with Crippen molar-refractivity contribution in [3.63, 3.8) is 0 Å². The Morgan fingerprint density at radius 2 is 1.81 bits per heavy atom. The Hall–Kier alpha value is -3.49. The third-order valence-electron chi connectivity index (χ3n) is 4.80. The van der Waals surface area contributed by atoms with Crippen LogP contribution in [0.3, 0.4) is 0 Å². The number of amides is 1. The molecule has 0 aliphatic rings. The summed E-state index contributed by atoms with van der Waals surface area (Å²) in [5.74, 6) is -0.0317. The third kappa shape index (κ3) is 4.65. The zero-order valence-electron chi connectivity index (χ0n) is 16.9. The number of nitrogens with one attached hydrogen (secondary N) is 1. The van der Waals surface area contributed by atoms with Crippen LogP contribution in [0.15, 0.2) is 88.5 Å². The van der Waals surface area contributed by atoms with Crippen LogP contribution in [0.2, 0.25) is 0 Å². The number of furan rings is 1. The Balaban J connectivity index is 1.61. The number of carbonyl (C=O) groups is 1. The first-order chi connectivity index (χ1) is 14.9. The lowest BCUT2D eigenvalue weighted by molar-refractivity contribution is -0.116. The van der Waals surface area contributed by atoms with E-state index in [1.165, 1.54) is 18.4 Å². The van der Waals surface area contributed by atoms with Crippen LogP contribution in [-0.2, 0) is 21.4 Å². The van der Waals surface area contributed by atoms with Crippen molar-refractivity contribution in [1.29, 1.82) is 0 Å². The maximum absolute atomic E-state index is 13.3. The van der Waals surface area contributed by atoms with Crippen LogP contribution in [0.25, 0.3) is 10.9 Å². The van der Waals surface area contributed by atoms with E-state index in [9.17, 15) is 13.2 Å². The van der Waals surface area contributed by atoms with Gasteiger partial charge >= 0.3 is 0 Å². The highest BCUT2D eigenvalue weighted by Crippen LogP contribution is 2.22. The van der Waals surface area contributed by atoms with Crippen molar-refractivity contribution >= 4 is 32.5 Å². The summed E-state index contributed by atoms with van der Waals surface area (Å²) in [5, 5.41) is 3.66. The summed E-state index contributed by atoms with van der Waals surface area (Å²) in [6.45, 7) is 1.44. The summed E-state index contributed by atoms with van der Waals surface area (Å²) in [6, 6.07) is 19.0. The highest BCUT2D eigenvalue weighted by molar-refractivity contribution is 7.89. The lowest BCUT2D eigenvalue weighted by Crippen LogP contribution is -2.37. The predicted molar refractivity (Wildman–Crippen MR) is 118 cm³/mol. The molecular formula is C23H21N3O4S. The molecule has 31 heavy (non-hydrogen) atoms. The summed E-state index contributed by atoms with van der Waals surface area (Å²) in [6.07, 6.45) is 3.11. The Labute approximate surface area is 180 Å². The van der Waals surface area contributed by atoms with Gasteiger partial charge in [0.2, 0.25) is 15.9 Å². The van der Waals surface area contributed by atoms with E-state index in [0.29, 0.717) is 17.0 Å². The fourth-order valence-electron chi connectivity index (χ4n) is 3.22. The average Bonchev–Trinajstić information content (AvgIpc) is 3.27. The molecule has 4 aromatic rings. The topological polar surface area (TPSA) is 92.5 Å². The minimum absolute atomic E-state index is 0.0651. The van der Waals surface area contributed by atoms with Gasteiger partial charge < -0.3 is 9.73 Å². The minimum atomic E-state index is -3.93. The number of sulfonamides is 1. The van der Waals surface area contributed by atoms with E-state index in [0.717, 1.165) is 15.3 Å². The smallest absolute Gasteiger partial charge is 0.243 e. The van der Waals surface area contributed by atoms with Crippen LogP contribution in [0.1, 0.15) is 11.3 Å². The summed E-state index contributed by atoms with van der Waals surface area (Å²) in [4.78, 5) is 17.3. The van der Waals surface area contributed by atoms with Crippen LogP contribution in [0, 0.1) is 6.92 Å². The quantitative estimate of drug-likeness (QED) is 0.474. The number of nitrogens with zero attached hydrogens (tertiary/aromatic N) is 2. The number of aryl methyl sites for hydroxylation is 1. The van der Waals surface area contributed by atoms with Crippen molar-refractivity contribution in [3.8, 4) is 0 Å². The summed E-state index contributed by atoms with van der Waals surface area (Å²) in [5.41, 5.74) is 2.10. The van der Waals surface area contributed by atoms with Crippen LogP contribution in [-0.4, -0.2) is 30.2 Å². The number of rotatable bonds is 7. The standard InChI is InChI=1S/C23H21N3O4S/c1-17-9-11-20(12-10-17)31(28,29)26(15-19-7-4-14-30-19)16-22(27)25-21-8-2-5-18-6-3-13-24-23(18)21/h2-14H,15-16H2,1H3,(H,25,27). The Morgan fingerprint density at radius 1 is 1.03 bits per heavy atom. The predicted octanol–water partition coefficient (Wildman–Crippen LogP) is 3.97. The second-order valence-electron chi connectivity index (χ2n) is 7.09. The van der Waals surface area contributed by atoms with Gasteiger partial charge in [0.25, 0.3) is 0 Å². The van der Waals surface area contributed by atoms with Crippen molar-refractivity contribution in [1.82, 2.24) is 9.29 Å². The maximum atomic E-state index is 13.3. The molecule has 0 aliphatic carbocycles. The average molecular weight is 436 g/mol. The highest BCUT2D eigenvalue weighted by atomic mass is 32.2. The molecule has 1 amide bonds. The van der Waals surface area contributed by atoms with Gasteiger partial charge in [-0.2, -0.15) is 4.31 Å². The third-order valence-corrected chi connectivity index (χ3v) is 6.60. The van der Waals surface area contributed by atoms with Crippen LogP contribution in [0.4, 0.5) is 5.69 Å². The highest BCUT2D eigenvalue weighted by Gasteiger charge is 2.28. The number of aromatic nitrogens is 1. The number of carbonyl (C=O) groups excluding carboxylic acids is 1. The van der Waals surface area contributed by atoms with Gasteiger partial charge in [-0.1, -0.05) is 35.9 Å². The Morgan fingerprint density at radius 3 is 2.55 bits per heavy atom. The normalized spacial score (nSPS) is 11.7. The molecule has 0 bridgehead atoms. The van der Waals surface area contributed by atoms with Crippen molar-refractivity contribution in [3.05, 3.63) is 90.5 Å². The molecule has 0 saturated carbocycles. The Bertz CT molecular complexity index is 1300. The van der Waals surface area contributed by atoms with Gasteiger partial charge in [-0.15, -0.1) is 0 Å². The van der Waals surface area contributed by atoms with Crippen molar-refractivity contribution < 1.29 is 17.6 Å². The molecule has 4 rings (SSSR count).